The number of carbonyl (C=O) groups is 2. The van der Waals surface area contributed by atoms with Gasteiger partial charge in [0.05, 0.1) is 17.9 Å². The highest BCUT2D eigenvalue weighted by atomic mass is 35.5. The molecule has 1 N–H and O–H groups in total. The van der Waals surface area contributed by atoms with Crippen molar-refractivity contribution in [2.24, 2.45) is 11.8 Å². The van der Waals surface area contributed by atoms with Gasteiger partial charge in [0.25, 0.3) is 0 Å². The van der Waals surface area contributed by atoms with Crippen LogP contribution in [-0.2, 0) is 16.0 Å². The van der Waals surface area contributed by atoms with Gasteiger partial charge in [0.15, 0.2) is 0 Å². The molecule has 4 nitrogen and oxygen atoms in total. The zero-order valence-electron chi connectivity index (χ0n) is 12.2. The summed E-state index contributed by atoms with van der Waals surface area (Å²) in [6, 6.07) is 3.43. The molecule has 6 heteroatoms. The Hall–Kier alpha value is -1.26. The van der Waals surface area contributed by atoms with Crippen LogP contribution in [0.3, 0.4) is 0 Å². The highest BCUT2D eigenvalue weighted by Gasteiger charge is 2.44. The largest absolute Gasteiger partial charge is 0.481 e. The Kier molecular flexibility index (Phi) is 4.08. The molecular formula is C16H17Cl2NO3. The van der Waals surface area contributed by atoms with E-state index in [0.29, 0.717) is 35.9 Å². The summed E-state index contributed by atoms with van der Waals surface area (Å²) in [4.78, 5) is 25.6. The Balaban J connectivity index is 1.85. The predicted octanol–water partition coefficient (Wildman–Crippen LogP) is 3.55. The zero-order chi connectivity index (χ0) is 16.0. The third kappa shape index (κ3) is 2.48. The van der Waals surface area contributed by atoms with E-state index in [1.54, 1.807) is 11.0 Å². The van der Waals surface area contributed by atoms with Crippen LogP contribution in [0.15, 0.2) is 12.1 Å². The molecule has 0 saturated heterocycles. The summed E-state index contributed by atoms with van der Waals surface area (Å²) in [5, 5.41) is 10.3. The van der Waals surface area contributed by atoms with Crippen LogP contribution in [0.1, 0.15) is 36.9 Å². The quantitative estimate of drug-likeness (QED) is 0.894. The minimum atomic E-state index is -0.874. The fourth-order valence-electron chi connectivity index (χ4n) is 3.46. The summed E-state index contributed by atoms with van der Waals surface area (Å²) >= 11 is 12.3. The van der Waals surface area contributed by atoms with Gasteiger partial charge in [0, 0.05) is 16.6 Å². The van der Waals surface area contributed by atoms with E-state index in [-0.39, 0.29) is 11.9 Å². The molecule has 1 saturated carbocycles. The maximum Gasteiger partial charge on any atom is 0.307 e. The SMILES string of the molecule is CC1c2cc(Cl)cc(Cl)c2CCN1C(=O)C1CCC1C(=O)O. The van der Waals surface area contributed by atoms with Crippen LogP contribution in [-0.4, -0.2) is 28.4 Å². The molecule has 0 spiro atoms. The molecule has 0 radical (unpaired) electrons. The monoisotopic (exact) mass is 341 g/mol. The third-order valence-electron chi connectivity index (χ3n) is 4.91. The molecular weight excluding hydrogens is 325 g/mol. The fourth-order valence-corrected chi connectivity index (χ4v) is 4.06. The maximum atomic E-state index is 12.7. The maximum absolute atomic E-state index is 12.7. The molecule has 118 valence electrons. The molecule has 0 aromatic heterocycles. The van der Waals surface area contributed by atoms with Crippen LogP contribution < -0.4 is 0 Å². The van der Waals surface area contributed by atoms with Crippen LogP contribution in [0.2, 0.25) is 10.0 Å². The molecule has 2 aliphatic rings. The molecule has 3 rings (SSSR count). The van der Waals surface area contributed by atoms with Gasteiger partial charge in [-0.25, -0.2) is 0 Å². The number of benzene rings is 1. The van der Waals surface area contributed by atoms with Crippen LogP contribution in [0.4, 0.5) is 0 Å². The van der Waals surface area contributed by atoms with Gasteiger partial charge in [0.1, 0.15) is 0 Å². The second-order valence-electron chi connectivity index (χ2n) is 6.04. The summed E-state index contributed by atoms with van der Waals surface area (Å²) in [6.07, 6.45) is 1.91. The highest BCUT2D eigenvalue weighted by Crippen LogP contribution is 2.41. The summed E-state index contributed by atoms with van der Waals surface area (Å²) in [7, 11) is 0. The van der Waals surface area contributed by atoms with Gasteiger partial charge in [-0.1, -0.05) is 23.2 Å². The number of carboxylic acids is 1. The van der Waals surface area contributed by atoms with Crippen molar-refractivity contribution in [2.45, 2.75) is 32.2 Å². The van der Waals surface area contributed by atoms with Crippen molar-refractivity contribution in [1.29, 1.82) is 0 Å². The van der Waals surface area contributed by atoms with Crippen LogP contribution >= 0.6 is 23.2 Å². The van der Waals surface area contributed by atoms with Crippen LogP contribution in [0.5, 0.6) is 0 Å². The number of rotatable bonds is 2. The molecule has 1 amide bonds. The first kappa shape index (κ1) is 15.6. The van der Waals surface area contributed by atoms with E-state index in [0.717, 1.165) is 11.1 Å². The lowest BCUT2D eigenvalue weighted by molar-refractivity contribution is -0.157. The second-order valence-corrected chi connectivity index (χ2v) is 6.89. The number of halogens is 2. The number of aliphatic carboxylic acids is 1. The van der Waals surface area contributed by atoms with Gasteiger partial charge < -0.3 is 10.0 Å². The molecule has 1 heterocycles. The van der Waals surface area contributed by atoms with Crippen molar-refractivity contribution in [2.75, 3.05) is 6.54 Å². The van der Waals surface area contributed by atoms with E-state index < -0.39 is 17.8 Å². The molecule has 3 atom stereocenters. The molecule has 1 aliphatic heterocycles. The lowest BCUT2D eigenvalue weighted by Gasteiger charge is -2.41. The van der Waals surface area contributed by atoms with E-state index >= 15 is 0 Å². The topological polar surface area (TPSA) is 57.6 Å². The average Bonchev–Trinajstić information content (AvgIpc) is 2.37. The number of nitrogens with zero attached hydrogens (tertiary/aromatic N) is 1. The smallest absolute Gasteiger partial charge is 0.307 e. The van der Waals surface area contributed by atoms with Gasteiger partial charge in [-0.05, 0) is 49.4 Å². The summed E-state index contributed by atoms with van der Waals surface area (Å²) in [5.41, 5.74) is 1.99. The van der Waals surface area contributed by atoms with E-state index in [1.165, 1.54) is 0 Å². The Morgan fingerprint density at radius 2 is 1.91 bits per heavy atom. The van der Waals surface area contributed by atoms with Crippen LogP contribution in [0, 0.1) is 11.8 Å². The van der Waals surface area contributed by atoms with Crippen molar-refractivity contribution in [3.63, 3.8) is 0 Å². The number of hydrogen-bond donors (Lipinski definition) is 1. The van der Waals surface area contributed by atoms with Crippen molar-refractivity contribution >= 4 is 35.1 Å². The summed E-state index contributed by atoms with van der Waals surface area (Å²) in [5.74, 6) is -1.87. The number of fused-ring (bicyclic) bond motifs is 1. The minimum Gasteiger partial charge on any atom is -0.481 e. The van der Waals surface area contributed by atoms with E-state index in [2.05, 4.69) is 0 Å². The Labute approximate surface area is 139 Å². The van der Waals surface area contributed by atoms with E-state index in [4.69, 9.17) is 28.3 Å². The molecule has 0 bridgehead atoms. The van der Waals surface area contributed by atoms with Crippen molar-refractivity contribution in [1.82, 2.24) is 4.90 Å². The fraction of sp³-hybridized carbons (Fsp3) is 0.500. The number of carboxylic acid groups (broad SMARTS) is 1. The lowest BCUT2D eigenvalue weighted by atomic mass is 9.72. The zero-order valence-corrected chi connectivity index (χ0v) is 13.7. The van der Waals surface area contributed by atoms with Crippen molar-refractivity contribution in [3.05, 3.63) is 33.3 Å². The number of carbonyl (C=O) groups excluding carboxylic acids is 1. The molecule has 1 aliphatic carbocycles. The van der Waals surface area contributed by atoms with Gasteiger partial charge in [-0.15, -0.1) is 0 Å². The van der Waals surface area contributed by atoms with Crippen molar-refractivity contribution < 1.29 is 14.7 Å². The Morgan fingerprint density at radius 1 is 1.23 bits per heavy atom. The van der Waals surface area contributed by atoms with Gasteiger partial charge in [-0.3, -0.25) is 9.59 Å². The Morgan fingerprint density at radius 3 is 2.50 bits per heavy atom. The van der Waals surface area contributed by atoms with E-state index in [1.807, 2.05) is 13.0 Å². The molecule has 1 aromatic carbocycles. The van der Waals surface area contributed by atoms with Gasteiger partial charge in [0.2, 0.25) is 5.91 Å². The summed E-state index contributed by atoms with van der Waals surface area (Å²) < 4.78 is 0. The van der Waals surface area contributed by atoms with E-state index in [9.17, 15) is 9.59 Å². The van der Waals surface area contributed by atoms with Gasteiger partial charge in [-0.2, -0.15) is 0 Å². The third-order valence-corrected chi connectivity index (χ3v) is 5.46. The first-order chi connectivity index (χ1) is 10.4. The molecule has 22 heavy (non-hydrogen) atoms. The van der Waals surface area contributed by atoms with Crippen LogP contribution in [0.25, 0.3) is 0 Å². The molecule has 3 unspecified atom stereocenters. The molecule has 1 aromatic rings. The second kappa shape index (κ2) is 5.74. The van der Waals surface area contributed by atoms with Gasteiger partial charge >= 0.3 is 5.97 Å². The number of hydrogen-bond acceptors (Lipinski definition) is 2. The van der Waals surface area contributed by atoms with Crippen molar-refractivity contribution in [3.8, 4) is 0 Å². The number of amides is 1. The standard InChI is InChI=1S/C16H17Cl2NO3/c1-8-13-6-9(17)7-14(18)10(13)4-5-19(8)15(20)11-2-3-12(11)16(21)22/h6-8,11-12H,2-5H2,1H3,(H,21,22). The summed E-state index contributed by atoms with van der Waals surface area (Å²) in [6.45, 7) is 2.51. The first-order valence-electron chi connectivity index (χ1n) is 7.41. The molecule has 1 fully saturated rings. The first-order valence-corrected chi connectivity index (χ1v) is 8.17. The normalized spacial score (nSPS) is 27.0. The Bertz CT molecular complexity index is 647. The minimum absolute atomic E-state index is 0.0621. The average molecular weight is 342 g/mol. The highest BCUT2D eigenvalue weighted by molar-refractivity contribution is 6.35. The lowest BCUT2D eigenvalue weighted by Crippen LogP contribution is -2.48. The predicted molar refractivity (Wildman–Crippen MR) is 84.1 cm³/mol.